The second kappa shape index (κ2) is 8.81. The summed E-state index contributed by atoms with van der Waals surface area (Å²) in [5, 5.41) is 18.5. The number of aromatic amines is 1. The summed E-state index contributed by atoms with van der Waals surface area (Å²) in [7, 11) is -4.08. The van der Waals surface area contributed by atoms with Crippen LogP contribution in [0.1, 0.15) is 0 Å². The number of anilines is 1. The number of rotatable bonds is 6. The molecule has 0 aliphatic heterocycles. The van der Waals surface area contributed by atoms with Gasteiger partial charge in [0.15, 0.2) is 5.69 Å². The molecule has 1 amide bonds. The summed E-state index contributed by atoms with van der Waals surface area (Å²) >= 11 is 5.87. The molecule has 8 nitrogen and oxygen atoms in total. The molecule has 0 fully saturated rings. The second-order valence-corrected chi connectivity index (χ2v) is 9.06. The summed E-state index contributed by atoms with van der Waals surface area (Å²) in [6.07, 6.45) is 0. The van der Waals surface area contributed by atoms with Gasteiger partial charge in [0.1, 0.15) is 6.54 Å². The third-order valence-electron chi connectivity index (χ3n) is 4.65. The second-order valence-electron chi connectivity index (χ2n) is 6.76. The van der Waals surface area contributed by atoms with Gasteiger partial charge in [-0.15, -0.1) is 10.2 Å². The van der Waals surface area contributed by atoms with Gasteiger partial charge in [-0.25, -0.2) is 8.42 Å². The lowest BCUT2D eigenvalue weighted by Crippen LogP contribution is -2.35. The summed E-state index contributed by atoms with van der Waals surface area (Å²) in [6.45, 7) is -0.582. The van der Waals surface area contributed by atoms with E-state index in [0.717, 1.165) is 4.31 Å². The Morgan fingerprint density at radius 2 is 1.62 bits per heavy atom. The zero-order valence-corrected chi connectivity index (χ0v) is 18.1. The molecule has 162 valence electrons. The van der Waals surface area contributed by atoms with E-state index < -0.39 is 22.5 Å². The van der Waals surface area contributed by atoms with Crippen molar-refractivity contribution in [3.63, 3.8) is 0 Å². The van der Waals surface area contributed by atoms with Crippen LogP contribution in [0.4, 0.5) is 11.4 Å². The van der Waals surface area contributed by atoms with E-state index in [1.165, 1.54) is 24.3 Å². The fraction of sp³-hybridized carbons (Fsp3) is 0.0455. The van der Waals surface area contributed by atoms with Crippen molar-refractivity contribution in [1.82, 2.24) is 4.98 Å². The van der Waals surface area contributed by atoms with Crippen LogP contribution in [0.15, 0.2) is 94.0 Å². The minimum atomic E-state index is -4.08. The Morgan fingerprint density at radius 3 is 2.34 bits per heavy atom. The first kappa shape index (κ1) is 21.5. The van der Waals surface area contributed by atoms with Gasteiger partial charge in [0, 0.05) is 10.4 Å². The van der Waals surface area contributed by atoms with Crippen molar-refractivity contribution in [3.8, 4) is 5.88 Å². The maximum Gasteiger partial charge on any atom is 0.285 e. The average molecular weight is 469 g/mol. The zero-order chi connectivity index (χ0) is 22.7. The van der Waals surface area contributed by atoms with Crippen LogP contribution in [0.3, 0.4) is 0 Å². The van der Waals surface area contributed by atoms with Crippen molar-refractivity contribution in [2.45, 2.75) is 4.90 Å². The van der Waals surface area contributed by atoms with Crippen LogP contribution in [0.5, 0.6) is 5.88 Å². The number of amides is 1. The normalized spacial score (nSPS) is 11.8. The Kier molecular flexibility index (Phi) is 5.93. The molecule has 0 bridgehead atoms. The van der Waals surface area contributed by atoms with E-state index in [-0.39, 0.29) is 16.5 Å². The van der Waals surface area contributed by atoms with Crippen LogP contribution in [0, 0.1) is 0 Å². The van der Waals surface area contributed by atoms with Gasteiger partial charge in [-0.2, -0.15) is 0 Å². The highest BCUT2D eigenvalue weighted by atomic mass is 35.5. The molecule has 1 aromatic heterocycles. The Morgan fingerprint density at radius 1 is 0.969 bits per heavy atom. The van der Waals surface area contributed by atoms with Crippen LogP contribution in [-0.2, 0) is 14.8 Å². The number of benzene rings is 3. The molecule has 0 saturated heterocycles. The molecule has 0 spiro atoms. The lowest BCUT2D eigenvalue weighted by molar-refractivity contribution is -0.116. The number of azo groups is 1. The highest BCUT2D eigenvalue weighted by Crippen LogP contribution is 2.35. The van der Waals surface area contributed by atoms with Gasteiger partial charge < -0.3 is 10.1 Å². The van der Waals surface area contributed by atoms with Crippen LogP contribution in [-0.4, -0.2) is 31.0 Å². The molecule has 0 saturated carbocycles. The van der Waals surface area contributed by atoms with Crippen LogP contribution in [0.25, 0.3) is 10.9 Å². The zero-order valence-electron chi connectivity index (χ0n) is 16.5. The van der Waals surface area contributed by atoms with Gasteiger partial charge >= 0.3 is 0 Å². The molecule has 0 atom stereocenters. The Balaban J connectivity index is 1.65. The van der Waals surface area contributed by atoms with Crippen molar-refractivity contribution >= 4 is 49.8 Å². The number of nitrogens with one attached hydrogen (secondary N) is 1. The Hall–Kier alpha value is -3.69. The molecule has 1 heterocycles. The fourth-order valence-corrected chi connectivity index (χ4v) is 4.66. The van der Waals surface area contributed by atoms with E-state index in [1.54, 1.807) is 54.6 Å². The number of carbonyl (C=O) groups excluding carboxylic acids is 1. The number of halogens is 1. The van der Waals surface area contributed by atoms with Crippen molar-refractivity contribution < 1.29 is 18.3 Å². The van der Waals surface area contributed by atoms with E-state index in [9.17, 15) is 18.3 Å². The lowest BCUT2D eigenvalue weighted by Gasteiger charge is -2.23. The third-order valence-corrected chi connectivity index (χ3v) is 6.69. The quantitative estimate of drug-likeness (QED) is 0.386. The Bertz CT molecular complexity index is 1400. The van der Waals surface area contributed by atoms with Crippen LogP contribution >= 0.6 is 11.6 Å². The predicted octanol–water partition coefficient (Wildman–Crippen LogP) is 5.03. The summed E-state index contributed by atoms with van der Waals surface area (Å²) in [6, 6.07) is 20.8. The first-order valence-corrected chi connectivity index (χ1v) is 11.3. The first-order chi connectivity index (χ1) is 15.4. The minimum absolute atomic E-state index is 0.0234. The summed E-state index contributed by atoms with van der Waals surface area (Å²) < 4.78 is 27.5. The van der Waals surface area contributed by atoms with Gasteiger partial charge in [0.2, 0.25) is 5.88 Å². The number of aromatic nitrogens is 1. The minimum Gasteiger partial charge on any atom is -0.493 e. The standard InChI is InChI=1S/C22H17ClN4O4S/c23-15-10-12-17(13-11-15)32(30,31)27(16-6-2-1-3-7-16)14-20(28)25-26-21-18-8-4-5-9-19(18)24-22(21)29/h1-13,24,29H,14H2. The predicted molar refractivity (Wildman–Crippen MR) is 122 cm³/mol. The van der Waals surface area contributed by atoms with Gasteiger partial charge in [0.25, 0.3) is 15.9 Å². The molecule has 0 aliphatic rings. The molecule has 2 N–H and O–H groups in total. The highest BCUT2D eigenvalue weighted by molar-refractivity contribution is 7.92. The summed E-state index contributed by atoms with van der Waals surface area (Å²) in [5.41, 5.74) is 1.02. The number of fused-ring (bicyclic) bond motifs is 1. The average Bonchev–Trinajstić information content (AvgIpc) is 3.11. The van der Waals surface area contributed by atoms with Crippen molar-refractivity contribution in [1.29, 1.82) is 0 Å². The topological polar surface area (TPSA) is 115 Å². The van der Waals surface area contributed by atoms with E-state index in [4.69, 9.17) is 11.6 Å². The van der Waals surface area contributed by atoms with Crippen LogP contribution in [0.2, 0.25) is 5.02 Å². The number of H-pyrrole nitrogens is 1. The van der Waals surface area contributed by atoms with Crippen LogP contribution < -0.4 is 4.31 Å². The number of hydrogen-bond acceptors (Lipinski definition) is 5. The maximum absolute atomic E-state index is 13.3. The molecule has 0 aliphatic carbocycles. The number of carbonyl (C=O) groups is 1. The maximum atomic E-state index is 13.3. The number of aromatic hydroxyl groups is 1. The number of para-hydroxylation sites is 2. The summed E-state index contributed by atoms with van der Waals surface area (Å²) in [5.74, 6) is -1.05. The molecule has 3 aromatic carbocycles. The van der Waals surface area contributed by atoms with Crippen molar-refractivity contribution in [2.24, 2.45) is 10.2 Å². The number of sulfonamides is 1. The SMILES string of the molecule is O=C(CN(c1ccccc1)S(=O)(=O)c1ccc(Cl)cc1)N=Nc1c(O)[nH]c2ccccc12. The Labute approximate surface area is 188 Å². The molecule has 32 heavy (non-hydrogen) atoms. The molecular formula is C22H17ClN4O4S. The monoisotopic (exact) mass is 468 g/mol. The smallest absolute Gasteiger partial charge is 0.285 e. The summed E-state index contributed by atoms with van der Waals surface area (Å²) in [4.78, 5) is 15.3. The van der Waals surface area contributed by atoms with Gasteiger partial charge in [-0.3, -0.25) is 9.10 Å². The fourth-order valence-electron chi connectivity index (χ4n) is 3.12. The van der Waals surface area contributed by atoms with Gasteiger partial charge in [0.05, 0.1) is 16.1 Å². The molecule has 10 heteroatoms. The molecule has 4 rings (SSSR count). The first-order valence-electron chi connectivity index (χ1n) is 9.44. The largest absolute Gasteiger partial charge is 0.493 e. The van der Waals surface area contributed by atoms with E-state index in [1.807, 2.05) is 0 Å². The lowest BCUT2D eigenvalue weighted by atomic mass is 10.2. The van der Waals surface area contributed by atoms with Gasteiger partial charge in [-0.1, -0.05) is 48.0 Å². The molecule has 4 aromatic rings. The van der Waals surface area contributed by atoms with Crippen molar-refractivity contribution in [2.75, 3.05) is 10.8 Å². The van der Waals surface area contributed by atoms with E-state index in [0.29, 0.717) is 21.6 Å². The number of nitrogens with zero attached hydrogens (tertiary/aromatic N) is 3. The molecule has 0 radical (unpaired) electrons. The molecule has 0 unspecified atom stereocenters. The van der Waals surface area contributed by atoms with E-state index in [2.05, 4.69) is 15.2 Å². The third kappa shape index (κ3) is 4.34. The van der Waals surface area contributed by atoms with E-state index >= 15 is 0 Å². The van der Waals surface area contributed by atoms with Crippen molar-refractivity contribution in [3.05, 3.63) is 83.9 Å². The van der Waals surface area contributed by atoms with Gasteiger partial charge in [-0.05, 0) is 42.5 Å². The highest BCUT2D eigenvalue weighted by Gasteiger charge is 2.27. The number of hydrogen-bond donors (Lipinski definition) is 2. The molecular weight excluding hydrogens is 452 g/mol.